The van der Waals surface area contributed by atoms with Crippen molar-refractivity contribution >= 4 is 34.0 Å². The first-order valence-electron chi connectivity index (χ1n) is 9.15. The second-order valence-corrected chi connectivity index (χ2v) is 9.23. The number of carboxylic acids is 1. The summed E-state index contributed by atoms with van der Waals surface area (Å²) in [4.78, 5) is 10.8. The smallest absolute Gasteiger partial charge is 0.534 e. The lowest BCUT2D eigenvalue weighted by Crippen LogP contribution is -2.27. The number of allylic oxidation sites excluding steroid dienone is 1. The van der Waals surface area contributed by atoms with Crippen molar-refractivity contribution in [2.24, 2.45) is 0 Å². The highest BCUT2D eigenvalue weighted by Gasteiger charge is 2.49. The Hall–Kier alpha value is -3.07. The summed E-state index contributed by atoms with van der Waals surface area (Å²) in [5.74, 6) is -1.65. The number of fused-ring (bicyclic) bond motifs is 1. The minimum Gasteiger partial charge on any atom is -0.545 e. The van der Waals surface area contributed by atoms with Gasteiger partial charge in [0.2, 0.25) is 0 Å². The Bertz CT molecular complexity index is 1170. The Morgan fingerprint density at radius 3 is 2.23 bits per heavy atom. The fraction of sp³-hybridized carbons (Fsp3) is 0.227. The molecule has 2 aromatic carbocycles. The zero-order valence-corrected chi connectivity index (χ0v) is 17.4. The zero-order chi connectivity index (χ0) is 23.0. The Morgan fingerprint density at radius 1 is 1.06 bits per heavy atom. The third kappa shape index (κ3) is 4.82. The molecule has 0 unspecified atom stereocenters. The van der Waals surface area contributed by atoms with Crippen molar-refractivity contribution in [1.82, 2.24) is 0 Å². The molecule has 5 nitrogen and oxygen atoms in total. The second kappa shape index (κ2) is 7.88. The van der Waals surface area contributed by atoms with Crippen LogP contribution in [0.15, 0.2) is 48.5 Å². The predicted octanol–water partition coefficient (Wildman–Crippen LogP) is 4.11. The topological polar surface area (TPSA) is 83.5 Å². The van der Waals surface area contributed by atoms with E-state index in [2.05, 4.69) is 4.18 Å². The first-order chi connectivity index (χ1) is 14.3. The van der Waals surface area contributed by atoms with E-state index in [1.165, 1.54) is 18.2 Å². The van der Waals surface area contributed by atoms with Gasteiger partial charge in [0, 0.05) is 5.56 Å². The monoisotopic (exact) mass is 451 g/mol. The van der Waals surface area contributed by atoms with Crippen LogP contribution in [0.25, 0.3) is 17.9 Å². The Morgan fingerprint density at radius 2 is 1.65 bits per heavy atom. The number of hydrogen-bond donors (Lipinski definition) is 0. The number of carbonyl (C=O) groups is 1. The van der Waals surface area contributed by atoms with Gasteiger partial charge in [-0.15, -0.1) is 0 Å². The van der Waals surface area contributed by atoms with Crippen LogP contribution in [-0.2, 0) is 19.7 Å². The molecule has 2 aromatic rings. The van der Waals surface area contributed by atoms with Crippen LogP contribution in [-0.4, -0.2) is 19.9 Å². The molecule has 0 heterocycles. The minimum atomic E-state index is -5.80. The fourth-order valence-corrected chi connectivity index (χ4v) is 3.68. The number of carbonyl (C=O) groups excluding carboxylic acids is 1. The molecule has 164 valence electrons. The molecule has 0 radical (unpaired) electrons. The number of carboxylic acid groups (broad SMARTS) is 1. The van der Waals surface area contributed by atoms with Crippen molar-refractivity contribution in [3.8, 4) is 0 Å². The summed E-state index contributed by atoms with van der Waals surface area (Å²) in [7, 11) is -5.80. The van der Waals surface area contributed by atoms with Crippen molar-refractivity contribution < 1.29 is 35.7 Å². The summed E-state index contributed by atoms with van der Waals surface area (Å²) in [6.45, 7) is 3.79. The van der Waals surface area contributed by atoms with E-state index in [4.69, 9.17) is 0 Å². The molecule has 0 fully saturated rings. The summed E-state index contributed by atoms with van der Waals surface area (Å²) in [6.07, 6.45) is 5.01. The highest BCUT2D eigenvalue weighted by atomic mass is 32.2. The number of rotatable bonds is 5. The lowest BCUT2D eigenvalue weighted by molar-refractivity contribution is -0.255. The van der Waals surface area contributed by atoms with E-state index in [9.17, 15) is 31.5 Å². The van der Waals surface area contributed by atoms with E-state index in [0.717, 1.165) is 0 Å². The van der Waals surface area contributed by atoms with Crippen LogP contribution in [0.3, 0.4) is 0 Å². The van der Waals surface area contributed by atoms with Crippen molar-refractivity contribution in [2.45, 2.75) is 31.2 Å². The van der Waals surface area contributed by atoms with Crippen LogP contribution in [0.4, 0.5) is 13.2 Å². The third-order valence-electron chi connectivity index (χ3n) is 4.93. The van der Waals surface area contributed by atoms with Crippen LogP contribution >= 0.6 is 0 Å². The molecular formula is C22H18F3O5S-. The summed E-state index contributed by atoms with van der Waals surface area (Å²) in [5.41, 5.74) is -3.71. The molecule has 0 aromatic heterocycles. The van der Waals surface area contributed by atoms with E-state index in [-0.39, 0.29) is 16.9 Å². The first kappa shape index (κ1) is 22.6. The molecule has 0 amide bonds. The van der Waals surface area contributed by atoms with Gasteiger partial charge in [-0.25, -0.2) is 0 Å². The van der Waals surface area contributed by atoms with Crippen LogP contribution < -0.4 is 5.11 Å². The molecule has 9 heteroatoms. The average Bonchev–Trinajstić information content (AvgIpc) is 2.68. The fourth-order valence-electron chi connectivity index (χ4n) is 3.19. The SMILES string of the molecule is CC1(C)CC=C(OS(=O)(=O)C(F)(F)F)c2cc(/C=C/c3ccc(C(=O)[O-])cc3)ccc21. The third-order valence-corrected chi connectivity index (χ3v) is 5.90. The Labute approximate surface area is 177 Å². The molecule has 0 spiro atoms. The van der Waals surface area contributed by atoms with Gasteiger partial charge in [0.05, 0.1) is 5.97 Å². The summed E-state index contributed by atoms with van der Waals surface area (Å²) in [6, 6.07) is 11.0. The van der Waals surface area contributed by atoms with E-state index >= 15 is 0 Å². The van der Waals surface area contributed by atoms with Gasteiger partial charge in [0.1, 0.15) is 5.76 Å². The molecule has 0 N–H and O–H groups in total. The molecule has 31 heavy (non-hydrogen) atoms. The molecule has 0 bridgehead atoms. The lowest BCUT2D eigenvalue weighted by Gasteiger charge is -2.31. The van der Waals surface area contributed by atoms with Gasteiger partial charge in [0.15, 0.2) is 0 Å². The van der Waals surface area contributed by atoms with Crippen molar-refractivity contribution in [2.75, 3.05) is 0 Å². The van der Waals surface area contributed by atoms with Gasteiger partial charge in [0.25, 0.3) is 0 Å². The number of benzene rings is 2. The first-order valence-corrected chi connectivity index (χ1v) is 10.6. The van der Waals surface area contributed by atoms with Gasteiger partial charge in [-0.05, 0) is 46.2 Å². The number of aromatic carboxylic acids is 1. The van der Waals surface area contributed by atoms with Gasteiger partial charge in [-0.3, -0.25) is 0 Å². The normalized spacial score (nSPS) is 16.0. The van der Waals surface area contributed by atoms with Crippen LogP contribution in [0, 0.1) is 0 Å². The van der Waals surface area contributed by atoms with Gasteiger partial charge in [-0.1, -0.05) is 62.4 Å². The molecular weight excluding hydrogens is 433 g/mol. The van der Waals surface area contributed by atoms with Gasteiger partial charge < -0.3 is 14.1 Å². The van der Waals surface area contributed by atoms with Gasteiger partial charge in [-0.2, -0.15) is 21.6 Å². The van der Waals surface area contributed by atoms with E-state index in [1.807, 2.05) is 13.8 Å². The molecule has 0 aliphatic heterocycles. The molecule has 3 rings (SSSR count). The number of hydrogen-bond acceptors (Lipinski definition) is 5. The largest absolute Gasteiger partial charge is 0.545 e. The highest BCUT2D eigenvalue weighted by molar-refractivity contribution is 7.87. The van der Waals surface area contributed by atoms with E-state index in [0.29, 0.717) is 23.1 Å². The Balaban J connectivity index is 1.95. The summed E-state index contributed by atoms with van der Waals surface area (Å²) < 4.78 is 65.8. The summed E-state index contributed by atoms with van der Waals surface area (Å²) >= 11 is 0. The molecule has 1 aliphatic carbocycles. The van der Waals surface area contributed by atoms with E-state index < -0.39 is 27.0 Å². The van der Waals surface area contributed by atoms with Crippen LogP contribution in [0.5, 0.6) is 0 Å². The van der Waals surface area contributed by atoms with Crippen molar-refractivity contribution in [1.29, 1.82) is 0 Å². The highest BCUT2D eigenvalue weighted by Crippen LogP contribution is 2.41. The van der Waals surface area contributed by atoms with E-state index in [1.54, 1.807) is 42.5 Å². The Kier molecular flexibility index (Phi) is 5.75. The molecule has 0 atom stereocenters. The van der Waals surface area contributed by atoms with Crippen LogP contribution in [0.1, 0.15) is 52.9 Å². The standard InChI is InChI=1S/C22H19F3O5S/c1-21(2)12-11-19(30-31(28,29)22(23,24)25)17-13-15(7-10-18(17)21)4-3-14-5-8-16(9-6-14)20(26)27/h3-11,13H,12H2,1-2H3,(H,26,27)/p-1/b4-3+. The average molecular weight is 451 g/mol. The molecule has 1 aliphatic rings. The quantitative estimate of drug-likeness (QED) is 0.388. The maximum Gasteiger partial charge on any atom is 0.534 e. The second-order valence-electron chi connectivity index (χ2n) is 7.69. The molecule has 0 saturated carbocycles. The molecule has 0 saturated heterocycles. The lowest BCUT2D eigenvalue weighted by atomic mass is 9.75. The number of alkyl halides is 3. The van der Waals surface area contributed by atoms with Crippen molar-refractivity contribution in [3.05, 3.63) is 76.4 Å². The van der Waals surface area contributed by atoms with Crippen molar-refractivity contribution in [3.63, 3.8) is 0 Å². The maximum atomic E-state index is 12.8. The number of halogens is 3. The zero-order valence-electron chi connectivity index (χ0n) is 16.6. The van der Waals surface area contributed by atoms with Crippen LogP contribution in [0.2, 0.25) is 0 Å². The maximum absolute atomic E-state index is 12.8. The minimum absolute atomic E-state index is 0.0333. The van der Waals surface area contributed by atoms with Gasteiger partial charge >= 0.3 is 15.6 Å². The summed E-state index contributed by atoms with van der Waals surface area (Å²) in [5, 5.41) is 10.8. The predicted molar refractivity (Wildman–Crippen MR) is 108 cm³/mol.